The van der Waals surface area contributed by atoms with Gasteiger partial charge in [0.1, 0.15) is 0 Å². The van der Waals surface area contributed by atoms with Crippen LogP contribution < -0.4 is 5.73 Å². The van der Waals surface area contributed by atoms with Crippen molar-refractivity contribution in [3.63, 3.8) is 0 Å². The van der Waals surface area contributed by atoms with Crippen LogP contribution in [0.5, 0.6) is 0 Å². The molecule has 1 aromatic carbocycles. The lowest BCUT2D eigenvalue weighted by atomic mass is 9.93. The van der Waals surface area contributed by atoms with Crippen LogP contribution in [0.1, 0.15) is 50.2 Å². The standard InChI is InChI=1S/C16H25N/c1-2-13-7-9-14(10-8-13)11-12-16(17)15-5-3-4-6-15/h7-10,15-16H,2-6,11-12,17H2,1H3. The maximum Gasteiger partial charge on any atom is 0.00703 e. The predicted octanol–water partition coefficient (Wildman–Crippen LogP) is 3.70. The van der Waals surface area contributed by atoms with E-state index in [2.05, 4.69) is 31.2 Å². The van der Waals surface area contributed by atoms with Gasteiger partial charge in [-0.1, -0.05) is 44.0 Å². The minimum atomic E-state index is 0.420. The average Bonchev–Trinajstić information content (AvgIpc) is 2.90. The van der Waals surface area contributed by atoms with Crippen molar-refractivity contribution in [1.82, 2.24) is 0 Å². The second-order valence-corrected chi connectivity index (χ2v) is 5.42. The summed E-state index contributed by atoms with van der Waals surface area (Å²) in [6.07, 6.45) is 8.92. The van der Waals surface area contributed by atoms with Crippen molar-refractivity contribution in [3.05, 3.63) is 35.4 Å². The number of benzene rings is 1. The van der Waals surface area contributed by atoms with E-state index in [-0.39, 0.29) is 0 Å². The summed E-state index contributed by atoms with van der Waals surface area (Å²) in [6, 6.07) is 9.44. The van der Waals surface area contributed by atoms with Gasteiger partial charge in [0.2, 0.25) is 0 Å². The van der Waals surface area contributed by atoms with E-state index >= 15 is 0 Å². The van der Waals surface area contributed by atoms with E-state index < -0.39 is 0 Å². The van der Waals surface area contributed by atoms with Gasteiger partial charge in [-0.3, -0.25) is 0 Å². The lowest BCUT2D eigenvalue weighted by Crippen LogP contribution is -2.28. The van der Waals surface area contributed by atoms with E-state index in [9.17, 15) is 0 Å². The first-order valence-corrected chi connectivity index (χ1v) is 7.13. The molecule has 1 aromatic rings. The Balaban J connectivity index is 1.80. The summed E-state index contributed by atoms with van der Waals surface area (Å²) in [5.41, 5.74) is 9.15. The number of aryl methyl sites for hydroxylation is 2. The zero-order valence-electron chi connectivity index (χ0n) is 11.0. The number of rotatable bonds is 5. The molecule has 1 aliphatic rings. The van der Waals surface area contributed by atoms with Crippen LogP contribution in [-0.2, 0) is 12.8 Å². The highest BCUT2D eigenvalue weighted by Gasteiger charge is 2.21. The molecule has 0 saturated heterocycles. The van der Waals surface area contributed by atoms with Gasteiger partial charge in [-0.2, -0.15) is 0 Å². The molecule has 0 heterocycles. The Morgan fingerprint density at radius 2 is 1.71 bits per heavy atom. The van der Waals surface area contributed by atoms with Gasteiger partial charge in [-0.15, -0.1) is 0 Å². The van der Waals surface area contributed by atoms with E-state index in [1.54, 1.807) is 0 Å². The van der Waals surface area contributed by atoms with Gasteiger partial charge in [-0.05, 0) is 49.1 Å². The van der Waals surface area contributed by atoms with E-state index in [1.165, 1.54) is 36.8 Å². The fraction of sp³-hybridized carbons (Fsp3) is 0.625. The first-order valence-electron chi connectivity index (χ1n) is 7.13. The number of hydrogen-bond acceptors (Lipinski definition) is 1. The van der Waals surface area contributed by atoms with Gasteiger partial charge in [0.25, 0.3) is 0 Å². The molecule has 1 heteroatoms. The molecule has 2 rings (SSSR count). The van der Waals surface area contributed by atoms with E-state index in [1.807, 2.05) is 0 Å². The topological polar surface area (TPSA) is 26.0 Å². The zero-order chi connectivity index (χ0) is 12.1. The Hall–Kier alpha value is -0.820. The molecular weight excluding hydrogens is 206 g/mol. The van der Waals surface area contributed by atoms with Gasteiger partial charge in [0, 0.05) is 6.04 Å². The Labute approximate surface area is 105 Å². The highest BCUT2D eigenvalue weighted by atomic mass is 14.6. The molecular formula is C16H25N. The second-order valence-electron chi connectivity index (χ2n) is 5.42. The monoisotopic (exact) mass is 231 g/mol. The fourth-order valence-corrected chi connectivity index (χ4v) is 2.90. The zero-order valence-corrected chi connectivity index (χ0v) is 11.0. The summed E-state index contributed by atoms with van der Waals surface area (Å²) < 4.78 is 0. The Kier molecular flexibility index (Phi) is 4.61. The van der Waals surface area contributed by atoms with Gasteiger partial charge in [0.15, 0.2) is 0 Å². The highest BCUT2D eigenvalue weighted by Crippen LogP contribution is 2.28. The molecule has 17 heavy (non-hydrogen) atoms. The molecule has 0 aromatic heterocycles. The van der Waals surface area contributed by atoms with Crippen LogP contribution in [0.3, 0.4) is 0 Å². The van der Waals surface area contributed by atoms with Gasteiger partial charge in [-0.25, -0.2) is 0 Å². The SMILES string of the molecule is CCc1ccc(CCC(N)C2CCCC2)cc1. The second kappa shape index (κ2) is 6.20. The highest BCUT2D eigenvalue weighted by molar-refractivity contribution is 5.22. The number of nitrogens with two attached hydrogens (primary N) is 1. The van der Waals surface area contributed by atoms with E-state index in [0.29, 0.717) is 6.04 Å². The predicted molar refractivity (Wildman–Crippen MR) is 74.1 cm³/mol. The minimum absolute atomic E-state index is 0.420. The molecule has 0 spiro atoms. The summed E-state index contributed by atoms with van der Waals surface area (Å²) in [7, 11) is 0. The molecule has 1 nitrogen and oxygen atoms in total. The maximum absolute atomic E-state index is 6.28. The van der Waals surface area contributed by atoms with Crippen LogP contribution >= 0.6 is 0 Å². The van der Waals surface area contributed by atoms with Crippen molar-refractivity contribution in [1.29, 1.82) is 0 Å². The molecule has 1 saturated carbocycles. The Bertz CT molecular complexity index is 322. The molecule has 0 amide bonds. The van der Waals surface area contributed by atoms with Crippen molar-refractivity contribution in [2.45, 2.75) is 57.9 Å². The number of hydrogen-bond donors (Lipinski definition) is 1. The minimum Gasteiger partial charge on any atom is -0.327 e. The van der Waals surface area contributed by atoms with Crippen LogP contribution in [0.2, 0.25) is 0 Å². The largest absolute Gasteiger partial charge is 0.327 e. The third-order valence-corrected chi connectivity index (χ3v) is 4.20. The summed E-state index contributed by atoms with van der Waals surface area (Å²) in [4.78, 5) is 0. The molecule has 0 radical (unpaired) electrons. The molecule has 1 unspecified atom stereocenters. The molecule has 1 atom stereocenters. The van der Waals surface area contributed by atoms with Crippen molar-refractivity contribution in [2.75, 3.05) is 0 Å². The molecule has 2 N–H and O–H groups in total. The van der Waals surface area contributed by atoms with Crippen LogP contribution in [0, 0.1) is 5.92 Å². The summed E-state index contributed by atoms with van der Waals surface area (Å²) in [5, 5.41) is 0. The summed E-state index contributed by atoms with van der Waals surface area (Å²) in [6.45, 7) is 2.20. The third-order valence-electron chi connectivity index (χ3n) is 4.20. The lowest BCUT2D eigenvalue weighted by Gasteiger charge is -2.18. The quantitative estimate of drug-likeness (QED) is 0.821. The molecule has 0 aliphatic heterocycles. The molecule has 94 valence electrons. The normalized spacial score (nSPS) is 18.5. The van der Waals surface area contributed by atoms with E-state index in [0.717, 1.165) is 25.2 Å². The smallest absolute Gasteiger partial charge is 0.00703 e. The summed E-state index contributed by atoms with van der Waals surface area (Å²) >= 11 is 0. The van der Waals surface area contributed by atoms with Crippen molar-refractivity contribution in [2.24, 2.45) is 11.7 Å². The van der Waals surface area contributed by atoms with Crippen molar-refractivity contribution < 1.29 is 0 Å². The Morgan fingerprint density at radius 3 is 2.29 bits per heavy atom. The first kappa shape index (κ1) is 12.6. The lowest BCUT2D eigenvalue weighted by molar-refractivity contribution is 0.410. The van der Waals surface area contributed by atoms with Crippen LogP contribution in [0.25, 0.3) is 0 Å². The fourth-order valence-electron chi connectivity index (χ4n) is 2.90. The average molecular weight is 231 g/mol. The van der Waals surface area contributed by atoms with Crippen LogP contribution in [0.15, 0.2) is 24.3 Å². The van der Waals surface area contributed by atoms with Crippen molar-refractivity contribution in [3.8, 4) is 0 Å². The van der Waals surface area contributed by atoms with Gasteiger partial charge in [0.05, 0.1) is 0 Å². The van der Waals surface area contributed by atoms with E-state index in [4.69, 9.17) is 5.73 Å². The molecule has 1 fully saturated rings. The Morgan fingerprint density at radius 1 is 1.12 bits per heavy atom. The van der Waals surface area contributed by atoms with Gasteiger partial charge < -0.3 is 5.73 Å². The van der Waals surface area contributed by atoms with Crippen molar-refractivity contribution >= 4 is 0 Å². The molecule has 0 bridgehead atoms. The molecule has 1 aliphatic carbocycles. The third kappa shape index (κ3) is 3.57. The first-order chi connectivity index (χ1) is 8.29. The summed E-state index contributed by atoms with van der Waals surface area (Å²) in [5.74, 6) is 0.796. The maximum atomic E-state index is 6.28. The van der Waals surface area contributed by atoms with Crippen LogP contribution in [0.4, 0.5) is 0 Å². The van der Waals surface area contributed by atoms with Crippen LogP contribution in [-0.4, -0.2) is 6.04 Å². The van der Waals surface area contributed by atoms with Gasteiger partial charge >= 0.3 is 0 Å².